The van der Waals surface area contributed by atoms with Crippen molar-refractivity contribution in [3.05, 3.63) is 40.7 Å². The number of hydrogen-bond acceptors (Lipinski definition) is 6. The van der Waals surface area contributed by atoms with Gasteiger partial charge in [0.2, 0.25) is 0 Å². The van der Waals surface area contributed by atoms with Gasteiger partial charge in [-0.2, -0.15) is 0 Å². The van der Waals surface area contributed by atoms with E-state index >= 15 is 0 Å². The lowest BCUT2D eigenvalue weighted by molar-refractivity contribution is 0.103. The number of aromatic nitrogens is 1. The number of aliphatic hydroxyl groups is 1. The molecule has 1 aliphatic rings. The second kappa shape index (κ2) is 8.42. The molecule has 1 amide bonds. The van der Waals surface area contributed by atoms with E-state index in [4.69, 9.17) is 0 Å². The first-order valence-corrected chi connectivity index (χ1v) is 9.46. The zero-order chi connectivity index (χ0) is 17.6. The second-order valence-electron chi connectivity index (χ2n) is 6.33. The molecule has 1 atom stereocenters. The number of nitrogens with one attached hydrogen (secondary N) is 1. The van der Waals surface area contributed by atoms with Crippen LogP contribution in [0.4, 0.5) is 11.5 Å². The molecule has 0 spiro atoms. The number of aliphatic hydroxyl groups excluding tert-OH is 1. The van der Waals surface area contributed by atoms with Crippen molar-refractivity contribution >= 4 is 28.7 Å². The first kappa shape index (κ1) is 17.8. The van der Waals surface area contributed by atoms with Crippen molar-refractivity contribution in [3.8, 4) is 0 Å². The van der Waals surface area contributed by atoms with Gasteiger partial charge in [-0.05, 0) is 43.5 Å². The number of thiophene rings is 1. The summed E-state index contributed by atoms with van der Waals surface area (Å²) in [5.41, 5.74) is 0.702. The fourth-order valence-electron chi connectivity index (χ4n) is 3.00. The summed E-state index contributed by atoms with van der Waals surface area (Å²) in [6.45, 7) is 6.30. The number of carbonyl (C=O) groups is 1. The number of amides is 1. The largest absolute Gasteiger partial charge is 0.392 e. The lowest BCUT2D eigenvalue weighted by Crippen LogP contribution is -2.35. The molecular formula is C18H24N4O2S. The first-order valence-electron chi connectivity index (χ1n) is 8.58. The second-order valence-corrected chi connectivity index (χ2v) is 7.27. The average molecular weight is 360 g/mol. The van der Waals surface area contributed by atoms with E-state index in [9.17, 15) is 9.90 Å². The highest BCUT2D eigenvalue weighted by molar-refractivity contribution is 7.12. The van der Waals surface area contributed by atoms with E-state index in [0.29, 0.717) is 10.6 Å². The third-order valence-corrected chi connectivity index (χ3v) is 5.05. The van der Waals surface area contributed by atoms with Crippen molar-refractivity contribution in [2.45, 2.75) is 19.4 Å². The van der Waals surface area contributed by atoms with E-state index < -0.39 is 0 Å². The van der Waals surface area contributed by atoms with Gasteiger partial charge in [0.25, 0.3) is 5.91 Å². The molecule has 3 heterocycles. The number of nitrogens with zero attached hydrogens (tertiary/aromatic N) is 3. The minimum atomic E-state index is -0.295. The summed E-state index contributed by atoms with van der Waals surface area (Å²) < 4.78 is 0. The molecule has 2 N–H and O–H groups in total. The van der Waals surface area contributed by atoms with Gasteiger partial charge < -0.3 is 15.3 Å². The van der Waals surface area contributed by atoms with Gasteiger partial charge in [-0.15, -0.1) is 11.3 Å². The number of anilines is 2. The minimum Gasteiger partial charge on any atom is -0.392 e. The van der Waals surface area contributed by atoms with Crippen LogP contribution in [0, 0.1) is 0 Å². The molecule has 2 aromatic heterocycles. The predicted octanol–water partition coefficient (Wildman–Crippen LogP) is 2.29. The maximum Gasteiger partial charge on any atom is 0.265 e. The molecule has 0 radical (unpaired) electrons. The minimum absolute atomic E-state index is 0.104. The summed E-state index contributed by atoms with van der Waals surface area (Å²) in [5.74, 6) is 0.820. The Kier molecular flexibility index (Phi) is 6.01. The predicted molar refractivity (Wildman–Crippen MR) is 101 cm³/mol. The molecule has 1 unspecified atom stereocenters. The highest BCUT2D eigenvalue weighted by Crippen LogP contribution is 2.18. The summed E-state index contributed by atoms with van der Waals surface area (Å²) in [7, 11) is 0. The van der Waals surface area contributed by atoms with Gasteiger partial charge in [0.05, 0.1) is 22.9 Å². The van der Waals surface area contributed by atoms with E-state index in [1.54, 1.807) is 12.3 Å². The molecule has 0 saturated carbocycles. The molecular weight excluding hydrogens is 336 g/mol. The Bertz CT molecular complexity index is 673. The van der Waals surface area contributed by atoms with Gasteiger partial charge in [0, 0.05) is 26.2 Å². The van der Waals surface area contributed by atoms with Gasteiger partial charge in [-0.3, -0.25) is 9.69 Å². The van der Waals surface area contributed by atoms with Gasteiger partial charge in [0.15, 0.2) is 0 Å². The zero-order valence-electron chi connectivity index (χ0n) is 14.4. The maximum absolute atomic E-state index is 12.1. The van der Waals surface area contributed by atoms with Crippen LogP contribution in [0.5, 0.6) is 0 Å². The first-order chi connectivity index (χ1) is 12.1. The molecule has 1 saturated heterocycles. The van der Waals surface area contributed by atoms with E-state index in [-0.39, 0.29) is 12.0 Å². The van der Waals surface area contributed by atoms with Crippen molar-refractivity contribution in [1.29, 1.82) is 0 Å². The third-order valence-electron chi connectivity index (χ3n) is 4.19. The molecule has 6 nitrogen and oxygen atoms in total. The van der Waals surface area contributed by atoms with Crippen molar-refractivity contribution in [2.24, 2.45) is 0 Å². The molecule has 0 aliphatic carbocycles. The zero-order valence-corrected chi connectivity index (χ0v) is 15.2. The van der Waals surface area contributed by atoms with E-state index in [1.165, 1.54) is 11.3 Å². The van der Waals surface area contributed by atoms with Gasteiger partial charge in [0.1, 0.15) is 5.82 Å². The molecule has 1 aliphatic heterocycles. The van der Waals surface area contributed by atoms with E-state index in [0.717, 1.165) is 45.0 Å². The third kappa shape index (κ3) is 5.01. The van der Waals surface area contributed by atoms with Crippen LogP contribution in [0.1, 0.15) is 23.0 Å². The van der Waals surface area contributed by atoms with Crippen LogP contribution in [0.3, 0.4) is 0 Å². The monoisotopic (exact) mass is 360 g/mol. The Hall–Kier alpha value is -1.96. The van der Waals surface area contributed by atoms with Crippen molar-refractivity contribution in [1.82, 2.24) is 9.88 Å². The van der Waals surface area contributed by atoms with E-state index in [1.807, 2.05) is 30.5 Å². The maximum atomic E-state index is 12.1. The standard InChI is InChI=1S/C18H24N4O2S/c1-14(23)13-21-7-3-8-22(10-9-21)17-6-5-15(12-19-17)20-18(24)16-4-2-11-25-16/h2,4-6,11-12,14,23H,3,7-10,13H2,1H3,(H,20,24). The smallest absolute Gasteiger partial charge is 0.265 e. The Morgan fingerprint density at radius 3 is 2.88 bits per heavy atom. The Morgan fingerprint density at radius 1 is 1.32 bits per heavy atom. The molecule has 1 fully saturated rings. The fourth-order valence-corrected chi connectivity index (χ4v) is 3.62. The van der Waals surface area contributed by atoms with Gasteiger partial charge in [-0.25, -0.2) is 4.98 Å². The Labute approximate surface area is 152 Å². The average Bonchev–Trinajstić information content (AvgIpc) is 3.03. The van der Waals surface area contributed by atoms with Crippen LogP contribution in [0.15, 0.2) is 35.8 Å². The molecule has 2 aromatic rings. The van der Waals surface area contributed by atoms with Crippen molar-refractivity contribution in [2.75, 3.05) is 42.9 Å². The Morgan fingerprint density at radius 2 is 2.20 bits per heavy atom. The summed E-state index contributed by atoms with van der Waals surface area (Å²) in [4.78, 5) is 21.8. The number of carbonyl (C=O) groups excluding carboxylic acids is 1. The SMILES string of the molecule is CC(O)CN1CCCN(c2ccc(NC(=O)c3cccs3)cn2)CC1. The fraction of sp³-hybridized carbons (Fsp3) is 0.444. The number of hydrogen-bond donors (Lipinski definition) is 2. The summed E-state index contributed by atoms with van der Waals surface area (Å²) in [6.07, 6.45) is 2.46. The highest BCUT2D eigenvalue weighted by Gasteiger charge is 2.17. The summed E-state index contributed by atoms with van der Waals surface area (Å²) in [5, 5.41) is 14.3. The summed E-state index contributed by atoms with van der Waals surface area (Å²) >= 11 is 1.42. The molecule has 25 heavy (non-hydrogen) atoms. The van der Waals surface area contributed by atoms with Crippen LogP contribution in [0.2, 0.25) is 0 Å². The van der Waals surface area contributed by atoms with Crippen LogP contribution in [-0.4, -0.2) is 59.7 Å². The van der Waals surface area contributed by atoms with Gasteiger partial charge in [-0.1, -0.05) is 6.07 Å². The summed E-state index contributed by atoms with van der Waals surface area (Å²) in [6, 6.07) is 7.51. The lowest BCUT2D eigenvalue weighted by Gasteiger charge is -2.23. The van der Waals surface area contributed by atoms with Crippen LogP contribution >= 0.6 is 11.3 Å². The van der Waals surface area contributed by atoms with Crippen molar-refractivity contribution < 1.29 is 9.90 Å². The molecule has 0 bridgehead atoms. The number of rotatable bonds is 5. The Balaban J connectivity index is 1.57. The quantitative estimate of drug-likeness (QED) is 0.856. The van der Waals surface area contributed by atoms with E-state index in [2.05, 4.69) is 20.1 Å². The normalized spacial score (nSPS) is 17.1. The van der Waals surface area contributed by atoms with Gasteiger partial charge >= 0.3 is 0 Å². The number of pyridine rings is 1. The molecule has 7 heteroatoms. The van der Waals surface area contributed by atoms with Crippen LogP contribution < -0.4 is 10.2 Å². The van der Waals surface area contributed by atoms with Crippen LogP contribution in [0.25, 0.3) is 0 Å². The lowest BCUT2D eigenvalue weighted by atomic mass is 10.3. The molecule has 3 rings (SSSR count). The highest BCUT2D eigenvalue weighted by atomic mass is 32.1. The van der Waals surface area contributed by atoms with Crippen LogP contribution in [-0.2, 0) is 0 Å². The topological polar surface area (TPSA) is 68.7 Å². The molecule has 134 valence electrons. The number of β-amino-alcohol motifs (C(OH)–C–C–N with tert-alkyl or cyclic N) is 1. The van der Waals surface area contributed by atoms with Crippen molar-refractivity contribution in [3.63, 3.8) is 0 Å². The molecule has 0 aromatic carbocycles.